The van der Waals surface area contributed by atoms with Crippen LogP contribution in [-0.2, 0) is 4.79 Å². The Morgan fingerprint density at radius 3 is 2.62 bits per heavy atom. The molecule has 1 saturated carbocycles. The number of carbonyl (C=O) groups is 1. The largest absolute Gasteiger partial charge is 0.400 e. The second-order valence-electron chi connectivity index (χ2n) is 7.83. The SMILES string of the molecule is CO.Cc1c(-c2cnc3c(n2)N(C2CCCCC2)CC(=O)N3)ccc(-c2ncn[nH]2)c1F.[HH]. The minimum absolute atomic E-state index is 0. The van der Waals surface area contributed by atoms with Crippen LogP contribution in [0.25, 0.3) is 22.6 Å². The average molecular weight is 442 g/mol. The summed E-state index contributed by atoms with van der Waals surface area (Å²) in [6, 6.07) is 3.76. The molecule has 10 heteroatoms. The number of nitrogens with zero attached hydrogens (tertiary/aromatic N) is 5. The van der Waals surface area contributed by atoms with Gasteiger partial charge in [0, 0.05) is 20.1 Å². The molecule has 9 nitrogen and oxygen atoms in total. The summed E-state index contributed by atoms with van der Waals surface area (Å²) in [5.41, 5.74) is 2.05. The first-order chi connectivity index (χ1) is 15.6. The molecule has 1 aromatic carbocycles. The topological polar surface area (TPSA) is 120 Å². The van der Waals surface area contributed by atoms with E-state index in [2.05, 4.69) is 30.4 Å². The van der Waals surface area contributed by atoms with Crippen LogP contribution in [-0.4, -0.2) is 55.9 Å². The molecule has 3 heterocycles. The fourth-order valence-electron chi connectivity index (χ4n) is 4.37. The highest BCUT2D eigenvalue weighted by Crippen LogP contribution is 2.35. The van der Waals surface area contributed by atoms with Gasteiger partial charge in [-0.3, -0.25) is 9.89 Å². The van der Waals surface area contributed by atoms with Crippen LogP contribution in [0.2, 0.25) is 0 Å². The van der Waals surface area contributed by atoms with Gasteiger partial charge in [-0.2, -0.15) is 5.10 Å². The lowest BCUT2D eigenvalue weighted by atomic mass is 9.94. The Kier molecular flexibility index (Phi) is 6.40. The molecular formula is C22H28FN7O2. The maximum Gasteiger partial charge on any atom is 0.245 e. The number of anilines is 2. The van der Waals surface area contributed by atoms with Crippen molar-refractivity contribution in [2.24, 2.45) is 0 Å². The van der Waals surface area contributed by atoms with Gasteiger partial charge < -0.3 is 15.3 Å². The number of carbonyl (C=O) groups excluding carboxylic acids is 1. The summed E-state index contributed by atoms with van der Waals surface area (Å²) in [5, 5.41) is 16.3. The molecule has 0 saturated heterocycles. The molecule has 170 valence electrons. The number of rotatable bonds is 3. The average Bonchev–Trinajstić information content (AvgIpc) is 3.37. The molecule has 1 amide bonds. The van der Waals surface area contributed by atoms with Crippen LogP contribution in [0.3, 0.4) is 0 Å². The van der Waals surface area contributed by atoms with Crippen molar-refractivity contribution < 1.29 is 15.7 Å². The van der Waals surface area contributed by atoms with Crippen molar-refractivity contribution in [3.63, 3.8) is 0 Å². The number of benzene rings is 1. The van der Waals surface area contributed by atoms with E-state index < -0.39 is 0 Å². The van der Waals surface area contributed by atoms with Gasteiger partial charge in [-0.1, -0.05) is 25.3 Å². The van der Waals surface area contributed by atoms with E-state index in [9.17, 15) is 4.79 Å². The molecule has 1 aliphatic carbocycles. The summed E-state index contributed by atoms with van der Waals surface area (Å²) in [6.45, 7) is 1.99. The van der Waals surface area contributed by atoms with Crippen molar-refractivity contribution in [2.75, 3.05) is 23.9 Å². The van der Waals surface area contributed by atoms with E-state index >= 15 is 4.39 Å². The second kappa shape index (κ2) is 9.39. The number of aliphatic hydroxyl groups excluding tert-OH is 1. The van der Waals surface area contributed by atoms with Crippen LogP contribution in [0.5, 0.6) is 0 Å². The number of aliphatic hydroxyl groups is 1. The smallest absolute Gasteiger partial charge is 0.245 e. The van der Waals surface area contributed by atoms with Crippen molar-refractivity contribution in [1.29, 1.82) is 0 Å². The number of halogens is 1. The summed E-state index contributed by atoms with van der Waals surface area (Å²) >= 11 is 0. The van der Waals surface area contributed by atoms with Crippen molar-refractivity contribution >= 4 is 17.5 Å². The van der Waals surface area contributed by atoms with Crippen LogP contribution < -0.4 is 10.2 Å². The molecule has 0 bridgehead atoms. The monoisotopic (exact) mass is 441 g/mol. The highest BCUT2D eigenvalue weighted by atomic mass is 19.1. The molecule has 32 heavy (non-hydrogen) atoms. The fourth-order valence-corrected chi connectivity index (χ4v) is 4.37. The first kappa shape index (κ1) is 21.8. The van der Waals surface area contributed by atoms with Crippen LogP contribution in [0.15, 0.2) is 24.7 Å². The molecule has 0 spiro atoms. The first-order valence-corrected chi connectivity index (χ1v) is 10.7. The Morgan fingerprint density at radius 2 is 1.91 bits per heavy atom. The lowest BCUT2D eigenvalue weighted by Gasteiger charge is -2.37. The number of aromatic nitrogens is 5. The highest BCUT2D eigenvalue weighted by molar-refractivity contribution is 5.99. The van der Waals surface area contributed by atoms with Gasteiger partial charge in [0.2, 0.25) is 5.91 Å². The van der Waals surface area contributed by atoms with E-state index in [1.54, 1.807) is 19.2 Å². The minimum Gasteiger partial charge on any atom is -0.400 e. The van der Waals surface area contributed by atoms with Gasteiger partial charge in [0.05, 0.1) is 24.0 Å². The van der Waals surface area contributed by atoms with Crippen molar-refractivity contribution in [1.82, 2.24) is 25.1 Å². The predicted octanol–water partition coefficient (Wildman–Crippen LogP) is 3.32. The number of amides is 1. The van der Waals surface area contributed by atoms with Crippen LogP contribution >= 0.6 is 0 Å². The second-order valence-corrected chi connectivity index (χ2v) is 7.83. The first-order valence-electron chi connectivity index (χ1n) is 10.7. The number of nitrogens with one attached hydrogen (secondary N) is 2. The number of hydrogen-bond donors (Lipinski definition) is 3. The molecular weight excluding hydrogens is 413 g/mol. The third kappa shape index (κ3) is 4.05. The van der Waals surface area contributed by atoms with Crippen molar-refractivity contribution in [3.8, 4) is 22.6 Å². The Labute approximate surface area is 186 Å². The Morgan fingerprint density at radius 1 is 1.16 bits per heavy atom. The van der Waals surface area contributed by atoms with Gasteiger partial charge >= 0.3 is 0 Å². The molecule has 0 radical (unpaired) electrons. The molecule has 2 aliphatic rings. The van der Waals surface area contributed by atoms with E-state index in [0.717, 1.165) is 32.8 Å². The summed E-state index contributed by atoms with van der Waals surface area (Å²) in [5.74, 6) is 1.06. The van der Waals surface area contributed by atoms with E-state index in [1.165, 1.54) is 12.7 Å². The van der Waals surface area contributed by atoms with Gasteiger partial charge in [0.15, 0.2) is 17.5 Å². The summed E-state index contributed by atoms with van der Waals surface area (Å²) in [7, 11) is 1.00. The Hall–Kier alpha value is -3.40. The molecule has 3 aromatic rings. The van der Waals surface area contributed by atoms with Crippen molar-refractivity contribution in [3.05, 3.63) is 36.0 Å². The summed E-state index contributed by atoms with van der Waals surface area (Å²) < 4.78 is 15.1. The molecule has 0 atom stereocenters. The highest BCUT2D eigenvalue weighted by Gasteiger charge is 2.31. The van der Waals surface area contributed by atoms with E-state index in [0.29, 0.717) is 39.8 Å². The van der Waals surface area contributed by atoms with Gasteiger partial charge in [0.1, 0.15) is 12.1 Å². The lowest BCUT2D eigenvalue weighted by molar-refractivity contribution is -0.115. The lowest BCUT2D eigenvalue weighted by Crippen LogP contribution is -2.46. The van der Waals surface area contributed by atoms with Crippen LogP contribution in [0, 0.1) is 12.7 Å². The quantitative estimate of drug-likeness (QED) is 0.570. The maximum absolute atomic E-state index is 15.1. The number of aromatic amines is 1. The number of fused-ring (bicyclic) bond motifs is 1. The third-order valence-corrected chi connectivity index (χ3v) is 5.95. The molecule has 0 unspecified atom stereocenters. The van der Waals surface area contributed by atoms with Gasteiger partial charge in [0.25, 0.3) is 0 Å². The molecule has 3 N–H and O–H groups in total. The van der Waals surface area contributed by atoms with Crippen molar-refractivity contribution in [2.45, 2.75) is 45.1 Å². The van der Waals surface area contributed by atoms with E-state index in [4.69, 9.17) is 10.1 Å². The predicted molar refractivity (Wildman–Crippen MR) is 121 cm³/mol. The zero-order valence-electron chi connectivity index (χ0n) is 18.1. The van der Waals surface area contributed by atoms with Crippen LogP contribution in [0.4, 0.5) is 16.0 Å². The summed E-state index contributed by atoms with van der Waals surface area (Å²) in [6.07, 6.45) is 8.54. The van der Waals surface area contributed by atoms with Gasteiger partial charge in [-0.15, -0.1) is 0 Å². The molecule has 2 aromatic heterocycles. The van der Waals surface area contributed by atoms with E-state index in [-0.39, 0.29) is 25.7 Å². The van der Waals surface area contributed by atoms with Gasteiger partial charge in [-0.05, 0) is 31.4 Å². The minimum atomic E-state index is -0.374. The Bertz CT molecular complexity index is 1100. The molecule has 1 aliphatic heterocycles. The number of hydrogen-bond acceptors (Lipinski definition) is 7. The molecule has 1 fully saturated rings. The third-order valence-electron chi connectivity index (χ3n) is 5.95. The fraction of sp³-hybridized carbons (Fsp3) is 0.409. The van der Waals surface area contributed by atoms with Gasteiger partial charge in [-0.25, -0.2) is 19.3 Å². The normalized spacial score (nSPS) is 16.1. The standard InChI is InChI=1S/C21H22FN7O.CH4O.H2/c1-12-14(7-8-15(18(12)22)19-24-11-25-28-19)16-9-23-20-21(26-16)29(10-17(30)27-20)13-5-3-2-4-6-13;1-2;/h7-9,11,13H,2-6,10H2,1H3,(H,23,27,30)(H,24,25,28);2H,1H3;1H. The van der Waals surface area contributed by atoms with Crippen LogP contribution in [0.1, 0.15) is 39.1 Å². The zero-order valence-corrected chi connectivity index (χ0v) is 18.1. The molecule has 5 rings (SSSR count). The number of H-pyrrole nitrogens is 1. The van der Waals surface area contributed by atoms with E-state index in [1.807, 2.05) is 6.07 Å². The summed E-state index contributed by atoms with van der Waals surface area (Å²) in [4.78, 5) is 27.6. The Balaban J connectivity index is 0.000000994. The zero-order chi connectivity index (χ0) is 22.7. The maximum atomic E-state index is 15.1.